The van der Waals surface area contributed by atoms with Gasteiger partial charge in [0.1, 0.15) is 5.75 Å². The molecule has 0 aliphatic heterocycles. The quantitative estimate of drug-likeness (QED) is 0.410. The van der Waals surface area contributed by atoms with Crippen molar-refractivity contribution in [2.24, 2.45) is 5.10 Å². The highest BCUT2D eigenvalue weighted by Gasteiger charge is 2.11. The Balaban J connectivity index is 1.99. The fourth-order valence-electron chi connectivity index (χ4n) is 2.21. The molecular formula is C20H22N2O6. The number of hydrazone groups is 1. The van der Waals surface area contributed by atoms with Crippen molar-refractivity contribution in [1.82, 2.24) is 5.43 Å². The van der Waals surface area contributed by atoms with Crippen LogP contribution >= 0.6 is 0 Å². The second-order valence-electron chi connectivity index (χ2n) is 5.95. The Morgan fingerprint density at radius 2 is 1.93 bits per heavy atom. The molecule has 1 amide bonds. The molecule has 0 aliphatic carbocycles. The van der Waals surface area contributed by atoms with Gasteiger partial charge in [0.05, 0.1) is 25.0 Å². The molecule has 148 valence electrons. The van der Waals surface area contributed by atoms with Gasteiger partial charge in [0, 0.05) is 0 Å². The van der Waals surface area contributed by atoms with Crippen molar-refractivity contribution in [3.05, 3.63) is 53.6 Å². The number of hydrogen-bond donors (Lipinski definition) is 2. The first-order valence-corrected chi connectivity index (χ1v) is 8.52. The van der Waals surface area contributed by atoms with Gasteiger partial charge in [0.2, 0.25) is 0 Å². The van der Waals surface area contributed by atoms with E-state index in [9.17, 15) is 14.7 Å². The van der Waals surface area contributed by atoms with E-state index in [1.807, 2.05) is 0 Å². The SMILES string of the molecule is COc1cc(/C=N\NC(=O)c2ccccc2O)ccc1OCC(=O)OC(C)C. The summed E-state index contributed by atoms with van der Waals surface area (Å²) in [6.45, 7) is 3.27. The molecule has 2 aromatic rings. The lowest BCUT2D eigenvalue weighted by Gasteiger charge is -2.12. The second kappa shape index (κ2) is 9.96. The first-order valence-electron chi connectivity index (χ1n) is 8.52. The molecule has 0 heterocycles. The smallest absolute Gasteiger partial charge is 0.344 e. The van der Waals surface area contributed by atoms with Gasteiger partial charge in [0.15, 0.2) is 18.1 Å². The highest BCUT2D eigenvalue weighted by Crippen LogP contribution is 2.27. The van der Waals surface area contributed by atoms with Crippen LogP contribution in [0.25, 0.3) is 0 Å². The third-order valence-electron chi connectivity index (χ3n) is 3.43. The molecule has 0 spiro atoms. The van der Waals surface area contributed by atoms with Crippen molar-refractivity contribution >= 4 is 18.1 Å². The molecule has 2 aromatic carbocycles. The third-order valence-corrected chi connectivity index (χ3v) is 3.43. The van der Waals surface area contributed by atoms with E-state index in [4.69, 9.17) is 14.2 Å². The molecule has 0 aliphatic rings. The van der Waals surface area contributed by atoms with Gasteiger partial charge in [-0.3, -0.25) is 4.79 Å². The Bertz CT molecular complexity index is 864. The van der Waals surface area contributed by atoms with Gasteiger partial charge in [-0.2, -0.15) is 5.10 Å². The number of hydrogen-bond acceptors (Lipinski definition) is 7. The number of nitrogens with zero attached hydrogens (tertiary/aromatic N) is 1. The van der Waals surface area contributed by atoms with Crippen LogP contribution in [0, 0.1) is 0 Å². The predicted molar refractivity (Wildman–Crippen MR) is 103 cm³/mol. The number of phenolic OH excluding ortho intramolecular Hbond substituents is 1. The van der Waals surface area contributed by atoms with E-state index in [1.54, 1.807) is 44.2 Å². The molecule has 0 unspecified atom stereocenters. The van der Waals surface area contributed by atoms with Gasteiger partial charge in [-0.1, -0.05) is 12.1 Å². The topological polar surface area (TPSA) is 106 Å². The maximum absolute atomic E-state index is 12.0. The number of carbonyl (C=O) groups excluding carboxylic acids is 2. The molecule has 8 nitrogen and oxygen atoms in total. The van der Waals surface area contributed by atoms with Crippen LogP contribution in [0.2, 0.25) is 0 Å². The van der Waals surface area contributed by atoms with Gasteiger partial charge in [-0.15, -0.1) is 0 Å². The van der Waals surface area contributed by atoms with Crippen LogP contribution in [0.4, 0.5) is 0 Å². The zero-order valence-corrected chi connectivity index (χ0v) is 15.8. The van der Waals surface area contributed by atoms with E-state index >= 15 is 0 Å². The van der Waals surface area contributed by atoms with Gasteiger partial charge in [0.25, 0.3) is 5.91 Å². The molecule has 0 fully saturated rings. The fourth-order valence-corrected chi connectivity index (χ4v) is 2.21. The largest absolute Gasteiger partial charge is 0.507 e. The molecule has 0 radical (unpaired) electrons. The monoisotopic (exact) mass is 386 g/mol. The Morgan fingerprint density at radius 3 is 2.61 bits per heavy atom. The summed E-state index contributed by atoms with van der Waals surface area (Å²) >= 11 is 0. The number of methoxy groups -OCH3 is 1. The van der Waals surface area contributed by atoms with Gasteiger partial charge in [-0.05, 0) is 49.7 Å². The maximum atomic E-state index is 12.0. The molecule has 0 bridgehead atoms. The highest BCUT2D eigenvalue weighted by atomic mass is 16.6. The Morgan fingerprint density at radius 1 is 1.18 bits per heavy atom. The van der Waals surface area contributed by atoms with Crippen molar-refractivity contribution < 1.29 is 28.9 Å². The summed E-state index contributed by atoms with van der Waals surface area (Å²) in [5.74, 6) is -0.374. The molecule has 0 saturated heterocycles. The van der Waals surface area contributed by atoms with Crippen molar-refractivity contribution in [1.29, 1.82) is 0 Å². The molecule has 2 N–H and O–H groups in total. The van der Waals surface area contributed by atoms with E-state index in [2.05, 4.69) is 10.5 Å². The molecular weight excluding hydrogens is 364 g/mol. The molecule has 28 heavy (non-hydrogen) atoms. The summed E-state index contributed by atoms with van der Waals surface area (Å²) < 4.78 is 15.7. The Kier molecular flexibility index (Phi) is 7.38. The average molecular weight is 386 g/mol. The number of benzene rings is 2. The zero-order chi connectivity index (χ0) is 20.5. The number of carbonyl (C=O) groups is 2. The number of rotatable bonds is 8. The van der Waals surface area contributed by atoms with Gasteiger partial charge in [-0.25, -0.2) is 10.2 Å². The van der Waals surface area contributed by atoms with Crippen molar-refractivity contribution in [2.45, 2.75) is 20.0 Å². The minimum atomic E-state index is -0.537. The summed E-state index contributed by atoms with van der Waals surface area (Å²) in [7, 11) is 1.47. The van der Waals surface area contributed by atoms with E-state index in [0.29, 0.717) is 17.1 Å². The normalized spacial score (nSPS) is 10.7. The van der Waals surface area contributed by atoms with Crippen molar-refractivity contribution in [3.63, 3.8) is 0 Å². The van der Waals surface area contributed by atoms with Crippen LogP contribution in [-0.4, -0.2) is 43.0 Å². The summed E-state index contributed by atoms with van der Waals surface area (Å²) in [5.41, 5.74) is 3.09. The molecule has 0 atom stereocenters. The lowest BCUT2D eigenvalue weighted by atomic mass is 10.2. The van der Waals surface area contributed by atoms with Crippen LogP contribution in [0.3, 0.4) is 0 Å². The van der Waals surface area contributed by atoms with Gasteiger partial charge >= 0.3 is 5.97 Å². The number of nitrogens with one attached hydrogen (secondary N) is 1. The average Bonchev–Trinajstić information content (AvgIpc) is 2.66. The minimum absolute atomic E-state index is 0.120. The lowest BCUT2D eigenvalue weighted by molar-refractivity contribution is -0.149. The zero-order valence-electron chi connectivity index (χ0n) is 15.8. The number of ether oxygens (including phenoxy) is 3. The summed E-state index contributed by atoms with van der Waals surface area (Å²) in [6.07, 6.45) is 1.20. The van der Waals surface area contributed by atoms with E-state index in [-0.39, 0.29) is 24.0 Å². The number of esters is 1. The van der Waals surface area contributed by atoms with E-state index in [1.165, 1.54) is 25.5 Å². The molecule has 8 heteroatoms. The van der Waals surface area contributed by atoms with E-state index < -0.39 is 11.9 Å². The van der Waals surface area contributed by atoms with Crippen LogP contribution in [0.5, 0.6) is 17.2 Å². The van der Waals surface area contributed by atoms with E-state index in [0.717, 1.165) is 0 Å². The van der Waals surface area contributed by atoms with Crippen LogP contribution in [0.1, 0.15) is 29.8 Å². The lowest BCUT2D eigenvalue weighted by Crippen LogP contribution is -2.19. The van der Waals surface area contributed by atoms with Crippen LogP contribution in [-0.2, 0) is 9.53 Å². The standard InChI is InChI=1S/C20H22N2O6/c1-13(2)28-19(24)12-27-17-9-8-14(10-18(17)26-3)11-21-22-20(25)15-6-4-5-7-16(15)23/h4-11,13,23H,12H2,1-3H3,(H,22,25)/b21-11-. The third kappa shape index (κ3) is 6.01. The van der Waals surface area contributed by atoms with Crippen molar-refractivity contribution in [2.75, 3.05) is 13.7 Å². The second-order valence-corrected chi connectivity index (χ2v) is 5.95. The Labute approximate surface area is 162 Å². The van der Waals surface area contributed by atoms with Crippen molar-refractivity contribution in [3.8, 4) is 17.2 Å². The number of aromatic hydroxyl groups is 1. The number of para-hydroxylation sites is 1. The minimum Gasteiger partial charge on any atom is -0.507 e. The summed E-state index contributed by atoms with van der Waals surface area (Å²) in [5, 5.41) is 13.5. The van der Waals surface area contributed by atoms with Crippen LogP contribution < -0.4 is 14.9 Å². The first kappa shape index (κ1) is 20.8. The molecule has 0 aromatic heterocycles. The molecule has 0 saturated carbocycles. The summed E-state index contributed by atoms with van der Waals surface area (Å²) in [4.78, 5) is 23.6. The Hall–Kier alpha value is -3.55. The molecule has 2 rings (SSSR count). The fraction of sp³-hybridized carbons (Fsp3) is 0.250. The predicted octanol–water partition coefficient (Wildman–Crippen LogP) is 2.50. The summed E-state index contributed by atoms with van der Waals surface area (Å²) in [6, 6.07) is 11.1. The number of amides is 1. The first-order chi connectivity index (χ1) is 13.4. The maximum Gasteiger partial charge on any atom is 0.344 e. The highest BCUT2D eigenvalue weighted by molar-refractivity contribution is 5.97. The van der Waals surface area contributed by atoms with Crippen LogP contribution in [0.15, 0.2) is 47.6 Å². The number of phenols is 1. The van der Waals surface area contributed by atoms with Gasteiger partial charge < -0.3 is 19.3 Å².